The first-order valence-electron chi connectivity index (χ1n) is 7.95. The summed E-state index contributed by atoms with van der Waals surface area (Å²) >= 11 is 0. The fourth-order valence-electron chi connectivity index (χ4n) is 2.95. The van der Waals surface area contributed by atoms with Gasteiger partial charge in [-0.25, -0.2) is 0 Å². The number of aromatic nitrogens is 4. The van der Waals surface area contributed by atoms with Crippen LogP contribution in [-0.4, -0.2) is 19.6 Å². The van der Waals surface area contributed by atoms with Gasteiger partial charge in [-0.2, -0.15) is 10.2 Å². The van der Waals surface area contributed by atoms with Crippen molar-refractivity contribution < 1.29 is 0 Å². The highest BCUT2D eigenvalue weighted by Crippen LogP contribution is 2.32. The molecule has 23 heavy (non-hydrogen) atoms. The summed E-state index contributed by atoms with van der Waals surface area (Å²) in [4.78, 5) is 0. The van der Waals surface area contributed by atoms with Gasteiger partial charge in [0.15, 0.2) is 0 Å². The van der Waals surface area contributed by atoms with E-state index in [2.05, 4.69) is 63.0 Å². The molecule has 0 bridgehead atoms. The summed E-state index contributed by atoms with van der Waals surface area (Å²) in [5, 5.41) is 8.87. The fraction of sp³-hybridized carbons (Fsp3) is 0.368. The smallest absolute Gasteiger partial charge is 0.0819 e. The van der Waals surface area contributed by atoms with Crippen molar-refractivity contribution in [2.75, 3.05) is 0 Å². The second-order valence-corrected chi connectivity index (χ2v) is 7.11. The van der Waals surface area contributed by atoms with Gasteiger partial charge in [-0.15, -0.1) is 0 Å². The molecule has 0 radical (unpaired) electrons. The zero-order chi connectivity index (χ0) is 16.7. The molecule has 0 saturated carbocycles. The van der Waals surface area contributed by atoms with Gasteiger partial charge in [0.2, 0.25) is 0 Å². The van der Waals surface area contributed by atoms with E-state index in [9.17, 15) is 0 Å². The minimum Gasteiger partial charge on any atom is -0.263 e. The van der Waals surface area contributed by atoms with E-state index in [1.807, 2.05) is 46.3 Å². The van der Waals surface area contributed by atoms with E-state index in [0.29, 0.717) is 0 Å². The topological polar surface area (TPSA) is 35.6 Å². The highest BCUT2D eigenvalue weighted by Gasteiger charge is 2.28. The van der Waals surface area contributed by atoms with Gasteiger partial charge >= 0.3 is 0 Å². The molecule has 0 atom stereocenters. The Labute approximate surface area is 137 Å². The van der Waals surface area contributed by atoms with E-state index in [1.165, 1.54) is 16.7 Å². The molecule has 0 fully saturated rings. The van der Waals surface area contributed by atoms with Crippen LogP contribution < -0.4 is 0 Å². The quantitative estimate of drug-likeness (QED) is 0.731. The first-order chi connectivity index (χ1) is 10.8. The van der Waals surface area contributed by atoms with Crippen LogP contribution in [0.1, 0.15) is 44.4 Å². The molecule has 0 aliphatic heterocycles. The van der Waals surface area contributed by atoms with E-state index in [1.54, 1.807) is 0 Å². The van der Waals surface area contributed by atoms with Gasteiger partial charge < -0.3 is 0 Å². The summed E-state index contributed by atoms with van der Waals surface area (Å²) in [6.07, 6.45) is 7.68. The Balaban J connectivity index is 2.10. The number of hydrogen-bond acceptors (Lipinski definition) is 2. The van der Waals surface area contributed by atoms with Crippen LogP contribution in [0.15, 0.2) is 55.1 Å². The molecule has 2 aromatic heterocycles. The van der Waals surface area contributed by atoms with E-state index < -0.39 is 0 Å². The van der Waals surface area contributed by atoms with Crippen LogP contribution in [0.4, 0.5) is 0 Å². The lowest BCUT2D eigenvalue weighted by Crippen LogP contribution is -2.31. The van der Waals surface area contributed by atoms with E-state index in [0.717, 1.165) is 0 Å². The second-order valence-electron chi connectivity index (χ2n) is 7.11. The molecule has 4 nitrogen and oxygen atoms in total. The SMILES string of the molecule is Cc1cc(C(C)(C)n2cccn2)cc(C(C)(C)n2cccn2)c1. The van der Waals surface area contributed by atoms with Crippen molar-refractivity contribution in [2.45, 2.75) is 45.7 Å². The van der Waals surface area contributed by atoms with Crippen molar-refractivity contribution in [3.05, 3.63) is 71.8 Å². The molecule has 0 unspecified atom stereocenters. The third-order valence-corrected chi connectivity index (χ3v) is 4.64. The van der Waals surface area contributed by atoms with E-state index >= 15 is 0 Å². The Kier molecular flexibility index (Phi) is 3.63. The lowest BCUT2D eigenvalue weighted by Gasteiger charge is -2.31. The predicted molar refractivity (Wildman–Crippen MR) is 92.5 cm³/mol. The maximum atomic E-state index is 4.43. The molecule has 3 rings (SSSR count). The maximum absolute atomic E-state index is 4.43. The first-order valence-corrected chi connectivity index (χ1v) is 7.95. The van der Waals surface area contributed by atoms with Crippen LogP contribution in [0.3, 0.4) is 0 Å². The highest BCUT2D eigenvalue weighted by atomic mass is 15.3. The van der Waals surface area contributed by atoms with Gasteiger partial charge in [-0.3, -0.25) is 9.36 Å². The van der Waals surface area contributed by atoms with Crippen LogP contribution in [-0.2, 0) is 11.1 Å². The Morgan fingerprint density at radius 1 is 0.739 bits per heavy atom. The summed E-state index contributed by atoms with van der Waals surface area (Å²) in [5.74, 6) is 0. The summed E-state index contributed by atoms with van der Waals surface area (Å²) in [5.41, 5.74) is 3.33. The minimum atomic E-state index is -0.204. The summed E-state index contributed by atoms with van der Waals surface area (Å²) in [6.45, 7) is 10.9. The molecular formula is C19H24N4. The monoisotopic (exact) mass is 308 g/mol. The Morgan fingerprint density at radius 2 is 1.17 bits per heavy atom. The molecule has 0 amide bonds. The summed E-state index contributed by atoms with van der Waals surface area (Å²) in [6, 6.07) is 10.7. The van der Waals surface area contributed by atoms with Crippen LogP contribution in [0.25, 0.3) is 0 Å². The minimum absolute atomic E-state index is 0.204. The summed E-state index contributed by atoms with van der Waals surface area (Å²) < 4.78 is 4.01. The number of benzene rings is 1. The van der Waals surface area contributed by atoms with Crippen molar-refractivity contribution in [2.24, 2.45) is 0 Å². The largest absolute Gasteiger partial charge is 0.263 e. The zero-order valence-electron chi connectivity index (χ0n) is 14.5. The van der Waals surface area contributed by atoms with E-state index in [-0.39, 0.29) is 11.1 Å². The van der Waals surface area contributed by atoms with Gasteiger partial charge in [-0.05, 0) is 57.9 Å². The van der Waals surface area contributed by atoms with Gasteiger partial charge in [0, 0.05) is 24.8 Å². The van der Waals surface area contributed by atoms with Gasteiger partial charge in [0.1, 0.15) is 0 Å². The maximum Gasteiger partial charge on any atom is 0.0819 e. The second kappa shape index (κ2) is 5.37. The van der Waals surface area contributed by atoms with Crippen LogP contribution in [0.2, 0.25) is 0 Å². The molecule has 0 N–H and O–H groups in total. The number of rotatable bonds is 4. The van der Waals surface area contributed by atoms with E-state index in [4.69, 9.17) is 0 Å². The average molecular weight is 308 g/mol. The van der Waals surface area contributed by atoms with Gasteiger partial charge in [0.25, 0.3) is 0 Å². The highest BCUT2D eigenvalue weighted by molar-refractivity contribution is 5.37. The van der Waals surface area contributed by atoms with Gasteiger partial charge in [-0.1, -0.05) is 23.8 Å². The third-order valence-electron chi connectivity index (χ3n) is 4.64. The van der Waals surface area contributed by atoms with Gasteiger partial charge in [0.05, 0.1) is 11.1 Å². The fourth-order valence-corrected chi connectivity index (χ4v) is 2.95. The van der Waals surface area contributed by atoms with Crippen molar-refractivity contribution in [3.8, 4) is 0 Å². The lowest BCUT2D eigenvalue weighted by atomic mass is 9.86. The lowest BCUT2D eigenvalue weighted by molar-refractivity contribution is 0.377. The molecule has 0 aliphatic carbocycles. The first kappa shape index (κ1) is 15.5. The van der Waals surface area contributed by atoms with Crippen LogP contribution >= 0.6 is 0 Å². The third kappa shape index (κ3) is 2.69. The number of hydrogen-bond donors (Lipinski definition) is 0. The van der Waals surface area contributed by atoms with Crippen molar-refractivity contribution in [3.63, 3.8) is 0 Å². The normalized spacial score (nSPS) is 12.6. The zero-order valence-corrected chi connectivity index (χ0v) is 14.5. The Morgan fingerprint density at radius 3 is 1.52 bits per heavy atom. The Hall–Kier alpha value is -2.36. The number of nitrogens with zero attached hydrogens (tertiary/aromatic N) is 4. The molecule has 0 spiro atoms. The average Bonchev–Trinajstić information content (AvgIpc) is 3.20. The van der Waals surface area contributed by atoms with Crippen molar-refractivity contribution in [1.29, 1.82) is 0 Å². The van der Waals surface area contributed by atoms with Crippen molar-refractivity contribution in [1.82, 2.24) is 19.6 Å². The standard InChI is InChI=1S/C19H24N4/c1-15-12-16(18(2,3)22-10-6-8-20-22)14-17(13-15)19(4,5)23-11-7-9-21-23/h6-14H,1-5H3. The molecule has 2 heterocycles. The molecule has 120 valence electrons. The molecule has 0 saturated heterocycles. The summed E-state index contributed by atoms with van der Waals surface area (Å²) in [7, 11) is 0. The van der Waals surface area contributed by atoms with Crippen molar-refractivity contribution >= 4 is 0 Å². The van der Waals surface area contributed by atoms with Crippen LogP contribution in [0.5, 0.6) is 0 Å². The molecule has 3 aromatic rings. The molecule has 1 aromatic carbocycles. The predicted octanol–water partition coefficient (Wildman–Crippen LogP) is 3.95. The number of aryl methyl sites for hydroxylation is 1. The Bertz CT molecular complexity index is 716. The molecular weight excluding hydrogens is 284 g/mol. The molecule has 0 aliphatic rings. The van der Waals surface area contributed by atoms with Crippen LogP contribution in [0, 0.1) is 6.92 Å². The molecule has 4 heteroatoms.